The number of nitrogens with two attached hydrogens (primary N) is 1. The highest BCUT2D eigenvalue weighted by Gasteiger charge is 2.10. The Bertz CT molecular complexity index is 623. The van der Waals surface area contributed by atoms with Gasteiger partial charge in [-0.2, -0.15) is 15.0 Å². The van der Waals surface area contributed by atoms with Crippen LogP contribution in [0.2, 0.25) is 0 Å². The molecule has 0 saturated carbocycles. The average molecular weight is 419 g/mol. The Balaban J connectivity index is 2.20. The van der Waals surface area contributed by atoms with Crippen LogP contribution in [0.4, 0.5) is 11.9 Å². The molecule has 0 saturated heterocycles. The van der Waals surface area contributed by atoms with E-state index in [0.29, 0.717) is 11.1 Å². The number of aromatic nitrogens is 3. The summed E-state index contributed by atoms with van der Waals surface area (Å²) in [6.45, 7) is 2.04. The Morgan fingerprint density at radius 2 is 1.95 bits per heavy atom. The van der Waals surface area contributed by atoms with Crippen LogP contribution in [0.3, 0.4) is 0 Å². The molecule has 0 spiro atoms. The molecule has 0 bridgehead atoms. The topological polar surface area (TPSA) is 76.7 Å². The summed E-state index contributed by atoms with van der Waals surface area (Å²) in [6, 6.07) is 6.12. The highest BCUT2D eigenvalue weighted by atomic mass is 79.9. The van der Waals surface area contributed by atoms with Crippen LogP contribution < -0.4 is 11.1 Å². The molecular weight excluding hydrogens is 406 g/mol. The summed E-state index contributed by atoms with van der Waals surface area (Å²) < 4.78 is 2.02. The largest absolute Gasteiger partial charge is 0.368 e. The number of hydrogen-bond acceptors (Lipinski definition) is 6. The van der Waals surface area contributed by atoms with Gasteiger partial charge in [0.25, 0.3) is 0 Å². The van der Waals surface area contributed by atoms with Gasteiger partial charge in [-0.3, -0.25) is 0 Å². The zero-order chi connectivity index (χ0) is 14.7. The number of halogens is 2. The highest BCUT2D eigenvalue weighted by Crippen LogP contribution is 2.27. The smallest absolute Gasteiger partial charge is 0.228 e. The quantitative estimate of drug-likeness (QED) is 0.733. The van der Waals surface area contributed by atoms with Crippen LogP contribution in [0.1, 0.15) is 18.5 Å². The molecule has 1 unspecified atom stereocenters. The molecule has 0 aliphatic carbocycles. The number of rotatable bonds is 4. The van der Waals surface area contributed by atoms with Gasteiger partial charge >= 0.3 is 0 Å². The minimum Gasteiger partial charge on any atom is -0.368 e. The molecule has 1 heterocycles. The van der Waals surface area contributed by atoms with E-state index in [0.717, 1.165) is 14.5 Å². The predicted octanol–water partition coefficient (Wildman–Crippen LogP) is 3.87. The number of benzene rings is 1. The van der Waals surface area contributed by atoms with Gasteiger partial charge in [-0.15, -0.1) is 0 Å². The second kappa shape index (κ2) is 6.73. The Morgan fingerprint density at radius 1 is 1.20 bits per heavy atom. The van der Waals surface area contributed by atoms with Crippen molar-refractivity contribution in [2.24, 2.45) is 0 Å². The van der Waals surface area contributed by atoms with Crippen molar-refractivity contribution in [3.63, 3.8) is 0 Å². The minimum atomic E-state index is 0.0518. The van der Waals surface area contributed by atoms with Crippen LogP contribution in [0.15, 0.2) is 32.3 Å². The summed E-state index contributed by atoms with van der Waals surface area (Å²) in [7, 11) is 0. The van der Waals surface area contributed by atoms with Crippen LogP contribution in [0.25, 0.3) is 0 Å². The number of hydrogen-bond donors (Lipinski definition) is 2. The van der Waals surface area contributed by atoms with Gasteiger partial charge in [0.05, 0.1) is 6.04 Å². The van der Waals surface area contributed by atoms with E-state index in [2.05, 4.69) is 52.1 Å². The van der Waals surface area contributed by atoms with Crippen molar-refractivity contribution in [1.29, 1.82) is 0 Å². The third kappa shape index (κ3) is 3.83. The third-order valence-corrected chi connectivity index (χ3v) is 5.03. The van der Waals surface area contributed by atoms with E-state index in [9.17, 15) is 0 Å². The molecular formula is C12H13Br2N5S. The van der Waals surface area contributed by atoms with Gasteiger partial charge in [0.15, 0.2) is 5.16 Å². The average Bonchev–Trinajstić information content (AvgIpc) is 2.41. The molecule has 20 heavy (non-hydrogen) atoms. The van der Waals surface area contributed by atoms with Crippen LogP contribution >= 0.6 is 43.6 Å². The molecule has 106 valence electrons. The SMILES string of the molecule is CSc1nc(N)nc(NC(C)c2ccc(Br)c(Br)c2)n1. The van der Waals surface area contributed by atoms with Gasteiger partial charge in [-0.1, -0.05) is 17.8 Å². The Hall–Kier alpha value is -0.860. The Kier molecular flexibility index (Phi) is 5.22. The van der Waals surface area contributed by atoms with Gasteiger partial charge < -0.3 is 11.1 Å². The number of nitrogen functional groups attached to an aromatic ring is 1. The van der Waals surface area contributed by atoms with Crippen LogP contribution in [0.5, 0.6) is 0 Å². The monoisotopic (exact) mass is 417 g/mol. The molecule has 1 atom stereocenters. The Labute approximate surface area is 138 Å². The van der Waals surface area contributed by atoms with Crippen molar-refractivity contribution in [3.8, 4) is 0 Å². The first-order chi connectivity index (χ1) is 9.49. The summed E-state index contributed by atoms with van der Waals surface area (Å²) in [5.41, 5.74) is 6.78. The lowest BCUT2D eigenvalue weighted by atomic mass is 10.1. The van der Waals surface area contributed by atoms with E-state index in [-0.39, 0.29) is 12.0 Å². The van der Waals surface area contributed by atoms with E-state index in [4.69, 9.17) is 5.73 Å². The van der Waals surface area contributed by atoms with E-state index in [1.54, 1.807) is 0 Å². The van der Waals surface area contributed by atoms with Gasteiger partial charge in [-0.05, 0) is 62.7 Å². The molecule has 2 aromatic rings. The third-order valence-electron chi connectivity index (χ3n) is 2.60. The van der Waals surface area contributed by atoms with Crippen LogP contribution in [-0.4, -0.2) is 21.2 Å². The molecule has 8 heteroatoms. The van der Waals surface area contributed by atoms with Crippen molar-refractivity contribution >= 4 is 55.5 Å². The molecule has 2 rings (SSSR count). The van der Waals surface area contributed by atoms with Crippen molar-refractivity contribution in [1.82, 2.24) is 15.0 Å². The van der Waals surface area contributed by atoms with Crippen molar-refractivity contribution < 1.29 is 0 Å². The molecule has 5 nitrogen and oxygen atoms in total. The zero-order valence-electron chi connectivity index (χ0n) is 10.9. The molecule has 3 N–H and O–H groups in total. The number of anilines is 2. The first kappa shape index (κ1) is 15.5. The van der Waals surface area contributed by atoms with Crippen molar-refractivity contribution in [3.05, 3.63) is 32.7 Å². The lowest BCUT2D eigenvalue weighted by Crippen LogP contribution is -2.11. The second-order valence-corrected chi connectivity index (χ2v) is 6.53. The standard InChI is InChI=1S/C12H13Br2N5S/c1-6(7-3-4-8(13)9(14)5-7)16-11-17-10(15)18-12(19-11)20-2/h3-6H,1-2H3,(H3,15,16,17,18,19). The van der Waals surface area contributed by atoms with E-state index >= 15 is 0 Å². The fraction of sp³-hybridized carbons (Fsp3) is 0.250. The number of nitrogens with zero attached hydrogens (tertiary/aromatic N) is 3. The normalized spacial score (nSPS) is 12.2. The summed E-state index contributed by atoms with van der Waals surface area (Å²) in [6.07, 6.45) is 1.90. The molecule has 1 aromatic heterocycles. The summed E-state index contributed by atoms with van der Waals surface area (Å²) in [5.74, 6) is 0.699. The fourth-order valence-electron chi connectivity index (χ4n) is 1.59. The minimum absolute atomic E-state index is 0.0518. The van der Waals surface area contributed by atoms with Crippen molar-refractivity contribution in [2.75, 3.05) is 17.3 Å². The van der Waals surface area contributed by atoms with E-state index in [1.165, 1.54) is 11.8 Å². The first-order valence-electron chi connectivity index (χ1n) is 5.76. The fourth-order valence-corrected chi connectivity index (χ4v) is 2.59. The lowest BCUT2D eigenvalue weighted by Gasteiger charge is -2.15. The van der Waals surface area contributed by atoms with Crippen LogP contribution in [-0.2, 0) is 0 Å². The van der Waals surface area contributed by atoms with Crippen molar-refractivity contribution in [2.45, 2.75) is 18.1 Å². The maximum atomic E-state index is 5.66. The molecule has 0 radical (unpaired) electrons. The maximum Gasteiger partial charge on any atom is 0.228 e. The van der Waals surface area contributed by atoms with Crippen LogP contribution in [0, 0.1) is 0 Å². The van der Waals surface area contributed by atoms with E-state index in [1.807, 2.05) is 31.4 Å². The molecule has 0 fully saturated rings. The van der Waals surface area contributed by atoms with Gasteiger partial charge in [0.1, 0.15) is 0 Å². The predicted molar refractivity (Wildman–Crippen MR) is 89.9 cm³/mol. The second-order valence-electron chi connectivity index (χ2n) is 4.04. The summed E-state index contributed by atoms with van der Waals surface area (Å²) >= 11 is 8.38. The molecule has 1 aromatic carbocycles. The van der Waals surface area contributed by atoms with E-state index < -0.39 is 0 Å². The van der Waals surface area contributed by atoms with Gasteiger partial charge in [-0.25, -0.2) is 0 Å². The maximum absolute atomic E-state index is 5.66. The molecule has 0 amide bonds. The highest BCUT2D eigenvalue weighted by molar-refractivity contribution is 9.13. The number of thioether (sulfide) groups is 1. The molecule has 0 aliphatic rings. The zero-order valence-corrected chi connectivity index (χ0v) is 14.9. The molecule has 0 aliphatic heterocycles. The number of nitrogens with one attached hydrogen (secondary N) is 1. The lowest BCUT2D eigenvalue weighted by molar-refractivity contribution is 0.830. The summed E-state index contributed by atoms with van der Waals surface area (Å²) in [4.78, 5) is 12.4. The van der Waals surface area contributed by atoms with Gasteiger partial charge in [0, 0.05) is 8.95 Å². The first-order valence-corrected chi connectivity index (χ1v) is 8.57. The summed E-state index contributed by atoms with van der Waals surface area (Å²) in [5, 5.41) is 3.83. The Morgan fingerprint density at radius 3 is 2.60 bits per heavy atom. The van der Waals surface area contributed by atoms with Gasteiger partial charge in [0.2, 0.25) is 11.9 Å².